The van der Waals surface area contributed by atoms with Crippen LogP contribution in [0.25, 0.3) is 11.4 Å². The van der Waals surface area contributed by atoms with Gasteiger partial charge in [0.15, 0.2) is 5.82 Å². The molecule has 2 aromatic carbocycles. The second-order valence-electron chi connectivity index (χ2n) is 5.84. The minimum Gasteiger partial charge on any atom is -0.497 e. The van der Waals surface area contributed by atoms with E-state index in [2.05, 4.69) is 15.2 Å². The molecular formula is C19H20N4O2S. The van der Waals surface area contributed by atoms with E-state index < -0.39 is 5.25 Å². The molecule has 0 aliphatic carbocycles. The molecule has 0 unspecified atom stereocenters. The molecule has 0 spiro atoms. The third kappa shape index (κ3) is 4.05. The first-order valence-electron chi connectivity index (χ1n) is 8.08. The molecule has 1 amide bonds. The number of H-pyrrole nitrogens is 1. The van der Waals surface area contributed by atoms with Crippen molar-refractivity contribution in [2.45, 2.75) is 10.4 Å². The number of benzene rings is 2. The highest BCUT2D eigenvalue weighted by Crippen LogP contribution is 2.35. The lowest BCUT2D eigenvalue weighted by atomic mass is 10.1. The van der Waals surface area contributed by atoms with E-state index in [1.807, 2.05) is 54.6 Å². The van der Waals surface area contributed by atoms with Crippen molar-refractivity contribution in [2.24, 2.45) is 0 Å². The first-order chi connectivity index (χ1) is 12.6. The average molecular weight is 368 g/mol. The average Bonchev–Trinajstić information content (AvgIpc) is 3.15. The van der Waals surface area contributed by atoms with E-state index in [0.717, 1.165) is 16.9 Å². The van der Waals surface area contributed by atoms with Crippen molar-refractivity contribution in [3.63, 3.8) is 0 Å². The zero-order valence-corrected chi connectivity index (χ0v) is 15.7. The van der Waals surface area contributed by atoms with Gasteiger partial charge in [0.1, 0.15) is 11.0 Å². The highest BCUT2D eigenvalue weighted by atomic mass is 32.2. The van der Waals surface area contributed by atoms with Crippen LogP contribution < -0.4 is 4.74 Å². The van der Waals surface area contributed by atoms with E-state index in [1.54, 1.807) is 26.1 Å². The predicted molar refractivity (Wildman–Crippen MR) is 102 cm³/mol. The van der Waals surface area contributed by atoms with E-state index in [1.165, 1.54) is 11.8 Å². The summed E-state index contributed by atoms with van der Waals surface area (Å²) in [5.41, 5.74) is 1.83. The lowest BCUT2D eigenvalue weighted by molar-refractivity contribution is -0.128. The van der Waals surface area contributed by atoms with Crippen LogP contribution in [0.1, 0.15) is 10.8 Å². The molecule has 1 N–H and O–H groups in total. The third-order valence-electron chi connectivity index (χ3n) is 3.82. The van der Waals surface area contributed by atoms with Crippen LogP contribution in [-0.4, -0.2) is 47.2 Å². The molecule has 3 rings (SSSR count). The number of methoxy groups -OCH3 is 1. The van der Waals surface area contributed by atoms with Crippen LogP contribution in [0.3, 0.4) is 0 Å². The topological polar surface area (TPSA) is 71.1 Å². The molecule has 0 bridgehead atoms. The monoisotopic (exact) mass is 368 g/mol. The third-order valence-corrected chi connectivity index (χ3v) is 4.92. The number of aromatic amines is 1. The van der Waals surface area contributed by atoms with E-state index in [4.69, 9.17) is 4.74 Å². The van der Waals surface area contributed by atoms with Crippen LogP contribution in [0, 0.1) is 0 Å². The zero-order valence-electron chi connectivity index (χ0n) is 14.8. The summed E-state index contributed by atoms with van der Waals surface area (Å²) in [7, 11) is 5.13. The smallest absolute Gasteiger partial charge is 0.240 e. The fourth-order valence-electron chi connectivity index (χ4n) is 2.41. The number of ether oxygens (including phenoxy) is 1. The normalized spacial score (nSPS) is 11.8. The first kappa shape index (κ1) is 18.0. The number of nitrogens with one attached hydrogen (secondary N) is 1. The van der Waals surface area contributed by atoms with Crippen molar-refractivity contribution in [1.82, 2.24) is 20.1 Å². The van der Waals surface area contributed by atoms with Crippen molar-refractivity contribution in [1.29, 1.82) is 0 Å². The van der Waals surface area contributed by atoms with Crippen LogP contribution in [-0.2, 0) is 4.79 Å². The van der Waals surface area contributed by atoms with E-state index in [-0.39, 0.29) is 5.91 Å². The van der Waals surface area contributed by atoms with Gasteiger partial charge in [0.25, 0.3) is 0 Å². The number of carbonyl (C=O) groups excluding carboxylic acids is 1. The van der Waals surface area contributed by atoms with Crippen LogP contribution in [0.4, 0.5) is 0 Å². The van der Waals surface area contributed by atoms with Gasteiger partial charge in [0.05, 0.1) is 7.11 Å². The number of thioether (sulfide) groups is 1. The van der Waals surface area contributed by atoms with Crippen molar-refractivity contribution in [3.05, 3.63) is 60.2 Å². The van der Waals surface area contributed by atoms with E-state index in [0.29, 0.717) is 11.0 Å². The van der Waals surface area contributed by atoms with E-state index in [9.17, 15) is 4.79 Å². The van der Waals surface area contributed by atoms with Crippen LogP contribution in [0.5, 0.6) is 5.75 Å². The van der Waals surface area contributed by atoms with Crippen LogP contribution in [0.15, 0.2) is 59.8 Å². The van der Waals surface area contributed by atoms with Crippen molar-refractivity contribution in [3.8, 4) is 17.1 Å². The number of rotatable bonds is 6. The quantitative estimate of drug-likeness (QED) is 0.675. The molecule has 7 heteroatoms. The van der Waals surface area contributed by atoms with Gasteiger partial charge in [-0.2, -0.15) is 0 Å². The van der Waals surface area contributed by atoms with Gasteiger partial charge in [0, 0.05) is 19.7 Å². The summed E-state index contributed by atoms with van der Waals surface area (Å²) in [5.74, 6) is 1.43. The zero-order chi connectivity index (χ0) is 18.5. The Morgan fingerprint density at radius 1 is 1.12 bits per heavy atom. The molecule has 0 saturated carbocycles. The number of nitrogens with zero attached hydrogens (tertiary/aromatic N) is 3. The number of aromatic nitrogens is 3. The van der Waals surface area contributed by atoms with Crippen molar-refractivity contribution in [2.75, 3.05) is 21.2 Å². The molecule has 0 radical (unpaired) electrons. The van der Waals surface area contributed by atoms with Crippen LogP contribution >= 0.6 is 11.8 Å². The minimum atomic E-state index is -0.397. The minimum absolute atomic E-state index is 0.00278. The molecule has 6 nitrogen and oxygen atoms in total. The molecular weight excluding hydrogens is 348 g/mol. The molecule has 26 heavy (non-hydrogen) atoms. The summed E-state index contributed by atoms with van der Waals surface area (Å²) >= 11 is 1.33. The van der Waals surface area contributed by atoms with Gasteiger partial charge in [0.2, 0.25) is 11.1 Å². The summed E-state index contributed by atoms with van der Waals surface area (Å²) in [6.45, 7) is 0. The lowest BCUT2D eigenvalue weighted by Crippen LogP contribution is -2.26. The predicted octanol–water partition coefficient (Wildman–Crippen LogP) is 3.40. The SMILES string of the molecule is COc1ccc(-c2nc(S[C@@H](C(=O)N(C)C)c3ccccc3)n[nH]2)cc1. The second kappa shape index (κ2) is 8.05. The molecule has 3 aromatic rings. The lowest BCUT2D eigenvalue weighted by Gasteiger charge is -2.19. The number of carbonyl (C=O) groups is 1. The summed E-state index contributed by atoms with van der Waals surface area (Å²) in [4.78, 5) is 18.7. The Morgan fingerprint density at radius 3 is 2.42 bits per heavy atom. The summed E-state index contributed by atoms with van der Waals surface area (Å²) in [6, 6.07) is 17.2. The van der Waals surface area contributed by atoms with Crippen LogP contribution in [0.2, 0.25) is 0 Å². The number of hydrogen-bond acceptors (Lipinski definition) is 5. The van der Waals surface area contributed by atoms with Gasteiger partial charge in [-0.25, -0.2) is 4.98 Å². The molecule has 0 saturated heterocycles. The van der Waals surface area contributed by atoms with Gasteiger partial charge >= 0.3 is 0 Å². The highest BCUT2D eigenvalue weighted by molar-refractivity contribution is 8.00. The largest absolute Gasteiger partial charge is 0.497 e. The molecule has 0 fully saturated rings. The van der Waals surface area contributed by atoms with Gasteiger partial charge in [-0.3, -0.25) is 9.89 Å². The van der Waals surface area contributed by atoms with E-state index >= 15 is 0 Å². The number of amides is 1. The summed E-state index contributed by atoms with van der Waals surface area (Å²) in [6.07, 6.45) is 0. The number of likely N-dealkylation sites (N-methyl/N-ethyl adjacent to an activating group) is 1. The molecule has 0 aliphatic rings. The fraction of sp³-hybridized carbons (Fsp3) is 0.211. The van der Waals surface area contributed by atoms with Gasteiger partial charge in [-0.05, 0) is 29.8 Å². The Labute approximate surface area is 156 Å². The maximum Gasteiger partial charge on any atom is 0.240 e. The second-order valence-corrected chi connectivity index (χ2v) is 6.91. The highest BCUT2D eigenvalue weighted by Gasteiger charge is 2.25. The first-order valence-corrected chi connectivity index (χ1v) is 8.96. The van der Waals surface area contributed by atoms with Gasteiger partial charge < -0.3 is 9.64 Å². The molecule has 1 atom stereocenters. The Balaban J connectivity index is 1.83. The van der Waals surface area contributed by atoms with Crippen molar-refractivity contribution >= 4 is 17.7 Å². The Morgan fingerprint density at radius 2 is 1.81 bits per heavy atom. The molecule has 1 heterocycles. The standard InChI is InChI=1S/C19H20N4O2S/c1-23(2)18(24)16(13-7-5-4-6-8-13)26-19-20-17(21-22-19)14-9-11-15(25-3)12-10-14/h4-12,16H,1-3H3,(H,20,21,22)/t16-/m1/s1. The maximum atomic E-state index is 12.6. The summed E-state index contributed by atoms with van der Waals surface area (Å²) in [5, 5.41) is 7.33. The van der Waals surface area contributed by atoms with Crippen molar-refractivity contribution < 1.29 is 9.53 Å². The Hall–Kier alpha value is -2.80. The summed E-state index contributed by atoms with van der Waals surface area (Å²) < 4.78 is 5.17. The molecule has 134 valence electrons. The fourth-order valence-corrected chi connectivity index (χ4v) is 3.46. The maximum absolute atomic E-state index is 12.6. The van der Waals surface area contributed by atoms with Gasteiger partial charge in [-0.1, -0.05) is 42.1 Å². The number of hydrogen-bond donors (Lipinski definition) is 1. The Bertz CT molecular complexity index is 863. The molecule has 1 aromatic heterocycles. The Kier molecular flexibility index (Phi) is 5.58. The molecule has 0 aliphatic heterocycles. The van der Waals surface area contributed by atoms with Gasteiger partial charge in [-0.15, -0.1) is 5.10 Å².